The molecule has 2 aliphatic heterocycles. The fraction of sp³-hybridized carbons (Fsp3) is 0.661. The molecule has 20 heteroatoms. The molecule has 0 bridgehead atoms. The Hall–Kier alpha value is -3.28. The summed E-state index contributed by atoms with van der Waals surface area (Å²) in [4.78, 5) is 31.5. The van der Waals surface area contributed by atoms with Crippen LogP contribution >= 0.6 is 15.7 Å². The van der Waals surface area contributed by atoms with Crippen molar-refractivity contribution in [1.82, 2.24) is 9.80 Å². The van der Waals surface area contributed by atoms with E-state index in [1.807, 2.05) is 32.8 Å². The van der Waals surface area contributed by atoms with Crippen LogP contribution in [0.2, 0.25) is 0 Å². The van der Waals surface area contributed by atoms with Gasteiger partial charge in [-0.05, 0) is 135 Å². The number of esters is 1. The van der Waals surface area contributed by atoms with Crippen molar-refractivity contribution in [3.63, 3.8) is 0 Å². The van der Waals surface area contributed by atoms with Crippen LogP contribution in [0.5, 0.6) is 0 Å². The molecule has 3 aromatic rings. The molecule has 0 aliphatic carbocycles. The second kappa shape index (κ2) is 28.8. The Balaban J connectivity index is 0.00000179. The number of halogens is 6. The number of aryl methyl sites for hydroxylation is 1. The normalized spacial score (nSPS) is 31.5. The molecular weight excluding hydrogens is 1070 g/mol. The van der Waals surface area contributed by atoms with Gasteiger partial charge in [-0.3, -0.25) is 9.59 Å². The zero-order valence-corrected chi connectivity index (χ0v) is 49.9. The second-order valence-electron chi connectivity index (χ2n) is 23.2. The Labute approximate surface area is 466 Å². The van der Waals surface area contributed by atoms with Gasteiger partial charge in [-0.15, -0.1) is 0 Å². The average molecular weight is 1170 g/mol. The summed E-state index contributed by atoms with van der Waals surface area (Å²) in [6, 6.07) is 29.9. The number of unbranched alkanes of at least 4 members (excludes halogenated alkanes) is 8. The molecule has 2 heterocycles. The van der Waals surface area contributed by atoms with Gasteiger partial charge in [0.05, 0.1) is 43.8 Å². The number of hydrogen-bond acceptors (Lipinski definition) is 11. The number of likely N-dealkylation sites (N-methyl/N-ethyl adjacent to an activating group) is 1. The predicted octanol–water partition coefficient (Wildman–Crippen LogP) is 10.9. The number of amides is 1. The summed E-state index contributed by atoms with van der Waals surface area (Å²) in [5.41, 5.74) is -2.21. The van der Waals surface area contributed by atoms with Gasteiger partial charge in [-0.2, -0.15) is 0 Å². The van der Waals surface area contributed by atoms with Crippen molar-refractivity contribution >= 4 is 43.5 Å². The molecule has 2 saturated heterocycles. The molecule has 450 valence electrons. The second-order valence-corrected chi connectivity index (χ2v) is 27.6. The fourth-order valence-corrected chi connectivity index (χ4v) is 13.9. The van der Waals surface area contributed by atoms with Crippen LogP contribution in [0.25, 0.3) is 0 Å². The van der Waals surface area contributed by atoms with E-state index in [-0.39, 0.29) is 49.8 Å². The molecule has 79 heavy (non-hydrogen) atoms. The number of carbonyl (C=O) groups excluding carboxylic acids is 2. The molecule has 2 fully saturated rings. The summed E-state index contributed by atoms with van der Waals surface area (Å²) in [7, 11) is -7.98. The van der Waals surface area contributed by atoms with E-state index in [1.165, 1.54) is 61.0 Å². The SMILES string of the molecule is CC[C@H]1OC(=O)[C@H](C)[C@@H](O)[C@H](C)[C@@H](O[C@@H]2O[C@H](C)C[C@H](N(C)C)[C@H]2O)[C@](C)(O)C[C@@H](C)CN(C(=O)CCCCCCCCCCCc2ccc([PH+](c3ccccc3)c3ccccc3)cc2)[C@H](C)[C@@H](O)[C@]1(C)O.F[P-](F)(F)(F)(F)F. The van der Waals surface area contributed by atoms with Gasteiger partial charge in [0.25, 0.3) is 0 Å². The third kappa shape index (κ3) is 22.1. The predicted molar refractivity (Wildman–Crippen MR) is 304 cm³/mol. The van der Waals surface area contributed by atoms with Gasteiger partial charge in [-0.1, -0.05) is 114 Å². The maximum atomic E-state index is 14.3. The van der Waals surface area contributed by atoms with E-state index in [0.717, 1.165) is 32.1 Å². The van der Waals surface area contributed by atoms with E-state index in [2.05, 4.69) is 84.9 Å². The molecule has 0 aromatic heterocycles. The van der Waals surface area contributed by atoms with E-state index in [9.17, 15) is 60.3 Å². The molecule has 5 N–H and O–H groups in total. The molecule has 0 saturated carbocycles. The number of benzene rings is 3. The zero-order chi connectivity index (χ0) is 59.2. The minimum atomic E-state index is -10.7. The quantitative estimate of drug-likeness (QED) is 0.0335. The first-order valence-electron chi connectivity index (χ1n) is 28.2. The minimum absolute atomic E-state index is 0.0996. The van der Waals surface area contributed by atoms with Crippen molar-refractivity contribution in [3.8, 4) is 0 Å². The van der Waals surface area contributed by atoms with Crippen molar-refractivity contribution in [2.75, 3.05) is 20.6 Å². The van der Waals surface area contributed by atoms with Crippen LogP contribution in [0.4, 0.5) is 25.2 Å². The number of rotatable bonds is 19. The first kappa shape index (κ1) is 68.2. The number of aliphatic hydroxyl groups excluding tert-OH is 3. The monoisotopic (exact) mass is 1160 g/mol. The van der Waals surface area contributed by atoms with Crippen LogP contribution in [0.15, 0.2) is 84.9 Å². The van der Waals surface area contributed by atoms with Gasteiger partial charge in [0.15, 0.2) is 6.29 Å². The molecule has 2 aliphatic rings. The Morgan fingerprint density at radius 1 is 0.747 bits per heavy atom. The molecule has 0 unspecified atom stereocenters. The molecule has 1 amide bonds. The fourth-order valence-electron chi connectivity index (χ4n) is 11.4. The first-order valence-corrected chi connectivity index (χ1v) is 31.7. The van der Waals surface area contributed by atoms with Crippen LogP contribution in [0, 0.1) is 17.8 Å². The number of aliphatic hydroxyl groups is 5. The van der Waals surface area contributed by atoms with Gasteiger partial charge in [0, 0.05) is 24.9 Å². The summed E-state index contributed by atoms with van der Waals surface area (Å²) in [5, 5.41) is 63.6. The van der Waals surface area contributed by atoms with Crippen LogP contribution in [0.3, 0.4) is 0 Å². The Morgan fingerprint density at radius 2 is 1.23 bits per heavy atom. The van der Waals surface area contributed by atoms with E-state index in [0.29, 0.717) is 12.8 Å². The zero-order valence-electron chi connectivity index (χ0n) is 48.0. The van der Waals surface area contributed by atoms with Crippen LogP contribution in [0.1, 0.15) is 144 Å². The number of ether oxygens (including phenoxy) is 3. The number of carbonyl (C=O) groups is 2. The Bertz CT molecular complexity index is 2260. The summed E-state index contributed by atoms with van der Waals surface area (Å²) < 4.78 is 77.7. The summed E-state index contributed by atoms with van der Waals surface area (Å²) >= 11 is 0. The van der Waals surface area contributed by atoms with Crippen molar-refractivity contribution in [1.29, 1.82) is 0 Å². The van der Waals surface area contributed by atoms with Crippen molar-refractivity contribution in [2.24, 2.45) is 17.8 Å². The molecular formula is C59H92F6N2O10P2. The summed E-state index contributed by atoms with van der Waals surface area (Å²) in [5.74, 6) is -3.31. The first-order chi connectivity index (χ1) is 36.6. The number of cyclic esters (lactones) is 1. The third-order valence-corrected chi connectivity index (χ3v) is 18.4. The topological polar surface area (TPSA) is 169 Å². The van der Waals surface area contributed by atoms with Gasteiger partial charge < -0.3 is 49.5 Å². The van der Waals surface area contributed by atoms with Gasteiger partial charge in [0.2, 0.25) is 5.91 Å². The van der Waals surface area contributed by atoms with E-state index < -0.39 is 87.6 Å². The van der Waals surface area contributed by atoms with Crippen molar-refractivity contribution in [3.05, 3.63) is 90.5 Å². The van der Waals surface area contributed by atoms with E-state index >= 15 is 0 Å². The number of hydrogen-bond donors (Lipinski definition) is 5. The Kier molecular flexibility index (Phi) is 24.9. The molecule has 12 nitrogen and oxygen atoms in total. The molecule has 0 radical (unpaired) electrons. The third-order valence-electron chi connectivity index (χ3n) is 15.7. The van der Waals surface area contributed by atoms with Crippen LogP contribution in [-0.2, 0) is 30.2 Å². The van der Waals surface area contributed by atoms with Gasteiger partial charge >= 0.3 is 39.0 Å². The molecule has 14 atom stereocenters. The standard InChI is InChI=1S/C59H91N2O10P.F6P/c1-11-50-59(8,68)54(65)44(6)61(39-40(2)38-58(7,67)55(42(4)52(63)43(5)56(66)70-50)71-57-53(64)49(60(9)10)37-41(3)69-57)51(62)32-26-18-16-14-12-13-15-17-21-27-45-33-35-48(36-34-45)72(46-28-22-19-23-29-46)47-30-24-20-25-31-47;1-7(2,3,4,5)6/h19-20,22-25,28-31,33-36,40-44,49-50,52-55,57,63-65,67-68H,11-18,21,26-27,32,37-39H2,1-10H3;/q;-1/p+1/t40-,41-,42+,43-,44-,49+,50-,52+,53-,54-,55-,57+,58-,59-;/m1./s1. The summed E-state index contributed by atoms with van der Waals surface area (Å²) in [6.45, 7) is 13.6. The molecule has 0 spiro atoms. The maximum absolute atomic E-state index is 14.3. The number of nitrogens with zero attached hydrogens (tertiary/aromatic N) is 2. The summed E-state index contributed by atoms with van der Waals surface area (Å²) in [6.07, 6.45) is 4.10. The van der Waals surface area contributed by atoms with Crippen molar-refractivity contribution < 1.29 is 74.5 Å². The van der Waals surface area contributed by atoms with Crippen LogP contribution < -0.4 is 15.9 Å². The molecule has 5 rings (SSSR count). The van der Waals surface area contributed by atoms with E-state index in [1.54, 1.807) is 32.6 Å². The van der Waals surface area contributed by atoms with Gasteiger partial charge in [-0.25, -0.2) is 0 Å². The van der Waals surface area contributed by atoms with Gasteiger partial charge in [0.1, 0.15) is 39.8 Å². The average Bonchev–Trinajstić information content (AvgIpc) is 3.40. The van der Waals surface area contributed by atoms with Crippen LogP contribution in [-0.4, -0.2) is 134 Å². The van der Waals surface area contributed by atoms with Crippen molar-refractivity contribution in [2.45, 2.75) is 211 Å². The molecule has 3 aromatic carbocycles. The van der Waals surface area contributed by atoms with E-state index in [4.69, 9.17) is 14.2 Å². The Morgan fingerprint density at radius 3 is 1.72 bits per heavy atom.